The largest absolute Gasteiger partial charge is 0.352 e. The number of amides is 2. The molecule has 1 fully saturated rings. The lowest BCUT2D eigenvalue weighted by atomic mass is 10.2. The first kappa shape index (κ1) is 15.2. The Morgan fingerprint density at radius 2 is 2.05 bits per heavy atom. The maximum Gasteiger partial charge on any atom is 0.225 e. The van der Waals surface area contributed by atoms with E-state index in [9.17, 15) is 9.59 Å². The fraction of sp³-hybridized carbons (Fsp3) is 0.571. The van der Waals surface area contributed by atoms with Crippen LogP contribution in [-0.2, 0) is 9.59 Å². The third-order valence-corrected chi connectivity index (χ3v) is 3.46. The van der Waals surface area contributed by atoms with Gasteiger partial charge in [0.2, 0.25) is 12.3 Å². The lowest BCUT2D eigenvalue weighted by molar-refractivity contribution is -0.118. The zero-order chi connectivity index (χ0) is 15.1. The van der Waals surface area contributed by atoms with E-state index in [1.54, 1.807) is 11.0 Å². The second-order valence-electron chi connectivity index (χ2n) is 5.06. The lowest BCUT2D eigenvalue weighted by Crippen LogP contribution is -2.46. The van der Waals surface area contributed by atoms with Crippen molar-refractivity contribution in [2.75, 3.05) is 36.4 Å². The van der Waals surface area contributed by atoms with Crippen LogP contribution in [0.3, 0.4) is 0 Å². The van der Waals surface area contributed by atoms with Crippen molar-refractivity contribution in [3.63, 3.8) is 0 Å². The van der Waals surface area contributed by atoms with Gasteiger partial charge in [-0.3, -0.25) is 9.59 Å². The summed E-state index contributed by atoms with van der Waals surface area (Å²) in [5, 5.41) is 10.9. The molecule has 0 bridgehead atoms. The molecular formula is C14H21N5O2. The molecule has 21 heavy (non-hydrogen) atoms. The van der Waals surface area contributed by atoms with E-state index in [1.807, 2.05) is 13.0 Å². The molecule has 0 atom stereocenters. The first-order valence-corrected chi connectivity index (χ1v) is 7.31. The first-order valence-electron chi connectivity index (χ1n) is 7.31. The number of carbonyl (C=O) groups is 2. The number of rotatable bonds is 6. The van der Waals surface area contributed by atoms with Gasteiger partial charge in [-0.05, 0) is 18.6 Å². The molecule has 0 saturated carbocycles. The summed E-state index contributed by atoms with van der Waals surface area (Å²) in [7, 11) is 0. The Kier molecular flexibility index (Phi) is 5.48. The Morgan fingerprint density at radius 1 is 1.29 bits per heavy atom. The van der Waals surface area contributed by atoms with E-state index >= 15 is 0 Å². The van der Waals surface area contributed by atoms with Crippen molar-refractivity contribution >= 4 is 24.0 Å². The van der Waals surface area contributed by atoms with Gasteiger partial charge in [0, 0.05) is 32.6 Å². The maximum absolute atomic E-state index is 11.6. The molecule has 0 aliphatic carbocycles. The zero-order valence-corrected chi connectivity index (χ0v) is 12.3. The summed E-state index contributed by atoms with van der Waals surface area (Å²) < 4.78 is 0. The molecule has 1 aliphatic heterocycles. The summed E-state index contributed by atoms with van der Waals surface area (Å²) in [5.41, 5.74) is 0. The van der Waals surface area contributed by atoms with E-state index in [0.717, 1.165) is 38.2 Å². The number of nitrogens with one attached hydrogen (secondary N) is 1. The maximum atomic E-state index is 11.6. The summed E-state index contributed by atoms with van der Waals surface area (Å²) in [6.07, 6.45) is 3.24. The zero-order valence-electron chi connectivity index (χ0n) is 12.3. The van der Waals surface area contributed by atoms with Crippen LogP contribution in [0.25, 0.3) is 0 Å². The van der Waals surface area contributed by atoms with Crippen LogP contribution < -0.4 is 10.2 Å². The van der Waals surface area contributed by atoms with Crippen molar-refractivity contribution in [2.24, 2.45) is 0 Å². The Bertz CT molecular complexity index is 469. The summed E-state index contributed by atoms with van der Waals surface area (Å²) in [4.78, 5) is 26.1. The van der Waals surface area contributed by atoms with Crippen molar-refractivity contribution < 1.29 is 9.59 Å². The second-order valence-corrected chi connectivity index (χ2v) is 5.06. The van der Waals surface area contributed by atoms with Crippen LogP contribution in [0.4, 0.5) is 11.6 Å². The van der Waals surface area contributed by atoms with Crippen molar-refractivity contribution in [2.45, 2.75) is 26.2 Å². The fourth-order valence-electron chi connectivity index (χ4n) is 2.16. The van der Waals surface area contributed by atoms with Gasteiger partial charge >= 0.3 is 0 Å². The van der Waals surface area contributed by atoms with Crippen LogP contribution in [0.15, 0.2) is 12.1 Å². The third-order valence-electron chi connectivity index (χ3n) is 3.46. The van der Waals surface area contributed by atoms with Crippen LogP contribution >= 0.6 is 0 Å². The van der Waals surface area contributed by atoms with Gasteiger partial charge in [0.1, 0.15) is 0 Å². The Hall–Kier alpha value is -2.18. The minimum absolute atomic E-state index is 0.0292. The quantitative estimate of drug-likeness (QED) is 0.787. The topological polar surface area (TPSA) is 78.4 Å². The molecule has 114 valence electrons. The van der Waals surface area contributed by atoms with E-state index in [1.165, 1.54) is 0 Å². The van der Waals surface area contributed by atoms with Gasteiger partial charge in [0.15, 0.2) is 11.6 Å². The number of hydrogen-bond donors (Lipinski definition) is 1. The second kappa shape index (κ2) is 7.56. The predicted molar refractivity (Wildman–Crippen MR) is 80.0 cm³/mol. The Labute approximate surface area is 124 Å². The van der Waals surface area contributed by atoms with Crippen LogP contribution in [0, 0.1) is 0 Å². The number of unbranched alkanes of at least 4 members (excludes halogenated alkanes) is 1. The number of aromatic nitrogens is 2. The van der Waals surface area contributed by atoms with Crippen molar-refractivity contribution in [3.05, 3.63) is 12.1 Å². The molecule has 2 rings (SSSR count). The van der Waals surface area contributed by atoms with Crippen LogP contribution in [0.2, 0.25) is 0 Å². The molecule has 0 aromatic carbocycles. The Balaban J connectivity index is 1.87. The van der Waals surface area contributed by atoms with E-state index in [-0.39, 0.29) is 5.91 Å². The van der Waals surface area contributed by atoms with Crippen LogP contribution in [-0.4, -0.2) is 53.6 Å². The lowest BCUT2D eigenvalue weighted by Gasteiger charge is -2.32. The molecule has 7 nitrogen and oxygen atoms in total. The molecule has 2 heterocycles. The standard InChI is InChI=1S/C14H21N5O2/c1-2-3-4-14(21)15-12-5-6-13(17-16-12)19-9-7-18(11-20)8-10-19/h5-6,11H,2-4,7-10H2,1H3,(H,15,16,21). The SMILES string of the molecule is CCCCC(=O)Nc1ccc(N2CCN(C=O)CC2)nn1. The van der Waals surface area contributed by atoms with Gasteiger partial charge in [0.25, 0.3) is 0 Å². The number of anilines is 2. The molecule has 0 spiro atoms. The normalized spacial score (nSPS) is 14.9. The molecule has 1 saturated heterocycles. The highest BCUT2D eigenvalue weighted by Crippen LogP contribution is 2.14. The summed E-state index contributed by atoms with van der Waals surface area (Å²) in [6, 6.07) is 3.61. The monoisotopic (exact) mass is 291 g/mol. The van der Waals surface area contributed by atoms with Gasteiger partial charge in [0.05, 0.1) is 0 Å². The highest BCUT2D eigenvalue weighted by Gasteiger charge is 2.17. The molecule has 0 radical (unpaired) electrons. The average molecular weight is 291 g/mol. The van der Waals surface area contributed by atoms with Gasteiger partial charge in [-0.15, -0.1) is 10.2 Å². The average Bonchev–Trinajstić information content (AvgIpc) is 2.54. The predicted octanol–water partition coefficient (Wildman–Crippen LogP) is 0.884. The minimum Gasteiger partial charge on any atom is -0.352 e. The molecule has 7 heteroatoms. The summed E-state index contributed by atoms with van der Waals surface area (Å²) >= 11 is 0. The van der Waals surface area contributed by atoms with E-state index in [0.29, 0.717) is 25.3 Å². The smallest absolute Gasteiger partial charge is 0.225 e. The van der Waals surface area contributed by atoms with Crippen LogP contribution in [0.1, 0.15) is 26.2 Å². The summed E-state index contributed by atoms with van der Waals surface area (Å²) in [5.74, 6) is 1.22. The Morgan fingerprint density at radius 3 is 2.62 bits per heavy atom. The number of carbonyl (C=O) groups excluding carboxylic acids is 2. The summed E-state index contributed by atoms with van der Waals surface area (Å²) in [6.45, 7) is 4.93. The molecule has 0 unspecified atom stereocenters. The molecule has 1 aromatic rings. The molecule has 1 aromatic heterocycles. The van der Waals surface area contributed by atoms with Crippen molar-refractivity contribution in [1.29, 1.82) is 0 Å². The number of nitrogens with zero attached hydrogens (tertiary/aromatic N) is 4. The number of piperazine rings is 1. The van der Waals surface area contributed by atoms with Crippen molar-refractivity contribution in [1.82, 2.24) is 15.1 Å². The van der Waals surface area contributed by atoms with Gasteiger partial charge in [-0.2, -0.15) is 0 Å². The number of hydrogen-bond acceptors (Lipinski definition) is 5. The van der Waals surface area contributed by atoms with Gasteiger partial charge in [-0.25, -0.2) is 0 Å². The van der Waals surface area contributed by atoms with E-state index in [4.69, 9.17) is 0 Å². The van der Waals surface area contributed by atoms with Crippen LogP contribution in [0.5, 0.6) is 0 Å². The third kappa shape index (κ3) is 4.40. The van der Waals surface area contributed by atoms with E-state index in [2.05, 4.69) is 20.4 Å². The highest BCUT2D eigenvalue weighted by molar-refractivity contribution is 5.89. The molecule has 2 amide bonds. The minimum atomic E-state index is -0.0292. The molecule has 1 N–H and O–H groups in total. The first-order chi connectivity index (χ1) is 10.2. The van der Waals surface area contributed by atoms with Gasteiger partial charge in [-0.1, -0.05) is 13.3 Å². The van der Waals surface area contributed by atoms with E-state index < -0.39 is 0 Å². The molecule has 1 aliphatic rings. The highest BCUT2D eigenvalue weighted by atomic mass is 16.1. The van der Waals surface area contributed by atoms with Gasteiger partial charge < -0.3 is 15.1 Å². The van der Waals surface area contributed by atoms with Crippen molar-refractivity contribution in [3.8, 4) is 0 Å². The fourth-order valence-corrected chi connectivity index (χ4v) is 2.16. The molecular weight excluding hydrogens is 270 g/mol.